The average Bonchev–Trinajstić information content (AvgIpc) is 2.43. The molecule has 0 aromatic carbocycles. The van der Waals surface area contributed by atoms with Crippen LogP contribution in [0.25, 0.3) is 0 Å². The summed E-state index contributed by atoms with van der Waals surface area (Å²) < 4.78 is 0. The second-order valence-corrected chi connectivity index (χ2v) is 4.40. The minimum atomic E-state index is 0.223. The predicted octanol–water partition coefficient (Wildman–Crippen LogP) is 1.78. The van der Waals surface area contributed by atoms with Crippen molar-refractivity contribution in [1.29, 1.82) is 0 Å². The molecule has 1 aliphatic heterocycles. The third-order valence-electron chi connectivity index (χ3n) is 3.04. The van der Waals surface area contributed by atoms with Gasteiger partial charge in [-0.3, -0.25) is 4.79 Å². The SMILES string of the molecule is CCCC(=O)NC1CCCCN(CC)C1. The number of hydrogen-bond acceptors (Lipinski definition) is 2. The van der Waals surface area contributed by atoms with Gasteiger partial charge in [0.25, 0.3) is 0 Å². The highest BCUT2D eigenvalue weighted by Crippen LogP contribution is 2.10. The quantitative estimate of drug-likeness (QED) is 0.770. The summed E-state index contributed by atoms with van der Waals surface area (Å²) >= 11 is 0. The second-order valence-electron chi connectivity index (χ2n) is 4.40. The average molecular weight is 212 g/mol. The van der Waals surface area contributed by atoms with Crippen LogP contribution in [0.1, 0.15) is 46.0 Å². The van der Waals surface area contributed by atoms with Gasteiger partial charge in [-0.15, -0.1) is 0 Å². The van der Waals surface area contributed by atoms with E-state index < -0.39 is 0 Å². The van der Waals surface area contributed by atoms with E-state index in [2.05, 4.69) is 17.1 Å². The van der Waals surface area contributed by atoms with Crippen molar-refractivity contribution in [2.75, 3.05) is 19.6 Å². The molecule has 0 bridgehead atoms. The lowest BCUT2D eigenvalue weighted by Gasteiger charge is -2.23. The highest BCUT2D eigenvalue weighted by molar-refractivity contribution is 5.76. The molecule has 15 heavy (non-hydrogen) atoms. The summed E-state index contributed by atoms with van der Waals surface area (Å²) in [6.45, 7) is 7.56. The molecule has 3 heteroatoms. The molecule has 0 saturated carbocycles. The Balaban J connectivity index is 2.35. The molecule has 1 saturated heterocycles. The van der Waals surface area contributed by atoms with Crippen LogP contribution in [0.3, 0.4) is 0 Å². The molecule has 1 N–H and O–H groups in total. The lowest BCUT2D eigenvalue weighted by Crippen LogP contribution is -2.42. The van der Waals surface area contributed by atoms with Crippen molar-refractivity contribution in [1.82, 2.24) is 10.2 Å². The molecule has 1 atom stereocenters. The van der Waals surface area contributed by atoms with E-state index in [1.54, 1.807) is 0 Å². The Kier molecular flexibility index (Phi) is 5.69. The number of rotatable bonds is 4. The number of likely N-dealkylation sites (tertiary alicyclic amines) is 1. The second kappa shape index (κ2) is 6.83. The lowest BCUT2D eigenvalue weighted by atomic mass is 10.1. The van der Waals surface area contributed by atoms with E-state index in [-0.39, 0.29) is 5.91 Å². The van der Waals surface area contributed by atoms with Crippen molar-refractivity contribution in [2.45, 2.75) is 52.0 Å². The van der Waals surface area contributed by atoms with Crippen molar-refractivity contribution in [3.8, 4) is 0 Å². The Morgan fingerprint density at radius 1 is 1.40 bits per heavy atom. The number of hydrogen-bond donors (Lipinski definition) is 1. The molecule has 1 aliphatic rings. The summed E-state index contributed by atoms with van der Waals surface area (Å²) in [5.41, 5.74) is 0. The van der Waals surface area contributed by atoms with E-state index >= 15 is 0 Å². The first kappa shape index (κ1) is 12.5. The van der Waals surface area contributed by atoms with Crippen LogP contribution >= 0.6 is 0 Å². The Bertz CT molecular complexity index is 194. The molecular formula is C12H24N2O. The lowest BCUT2D eigenvalue weighted by molar-refractivity contribution is -0.121. The summed E-state index contributed by atoms with van der Waals surface area (Å²) in [6.07, 6.45) is 5.27. The Morgan fingerprint density at radius 3 is 2.87 bits per heavy atom. The maximum Gasteiger partial charge on any atom is 0.220 e. The fourth-order valence-corrected chi connectivity index (χ4v) is 2.15. The van der Waals surface area contributed by atoms with Gasteiger partial charge in [-0.2, -0.15) is 0 Å². The maximum absolute atomic E-state index is 11.5. The number of amides is 1. The monoisotopic (exact) mass is 212 g/mol. The van der Waals surface area contributed by atoms with Crippen LogP contribution in [0, 0.1) is 0 Å². The Hall–Kier alpha value is -0.570. The van der Waals surface area contributed by atoms with Crippen molar-refractivity contribution < 1.29 is 4.79 Å². The Morgan fingerprint density at radius 2 is 2.20 bits per heavy atom. The van der Waals surface area contributed by atoms with E-state index in [1.165, 1.54) is 19.4 Å². The summed E-state index contributed by atoms with van der Waals surface area (Å²) in [6, 6.07) is 0.381. The molecule has 1 unspecified atom stereocenters. The van der Waals surface area contributed by atoms with Crippen molar-refractivity contribution in [3.63, 3.8) is 0 Å². The zero-order valence-electron chi connectivity index (χ0n) is 10.1. The number of likely N-dealkylation sites (N-methyl/N-ethyl adjacent to an activating group) is 1. The molecule has 1 fully saturated rings. The summed E-state index contributed by atoms with van der Waals surface area (Å²) in [5.74, 6) is 0.223. The molecule has 0 spiro atoms. The molecule has 1 heterocycles. The fraction of sp³-hybridized carbons (Fsp3) is 0.917. The van der Waals surface area contributed by atoms with Crippen molar-refractivity contribution in [3.05, 3.63) is 0 Å². The van der Waals surface area contributed by atoms with Crippen LogP contribution in [0.5, 0.6) is 0 Å². The first-order chi connectivity index (χ1) is 7.26. The molecule has 0 aromatic rings. The van der Waals surface area contributed by atoms with Gasteiger partial charge in [0.2, 0.25) is 5.91 Å². The van der Waals surface area contributed by atoms with Gasteiger partial charge in [0.05, 0.1) is 0 Å². The van der Waals surface area contributed by atoms with Gasteiger partial charge >= 0.3 is 0 Å². The molecule has 88 valence electrons. The van der Waals surface area contributed by atoms with E-state index in [0.717, 1.165) is 25.9 Å². The van der Waals surface area contributed by atoms with Crippen LogP contribution in [0.4, 0.5) is 0 Å². The largest absolute Gasteiger partial charge is 0.352 e. The van der Waals surface area contributed by atoms with E-state index in [4.69, 9.17) is 0 Å². The molecule has 0 radical (unpaired) electrons. The molecular weight excluding hydrogens is 188 g/mol. The minimum Gasteiger partial charge on any atom is -0.352 e. The smallest absolute Gasteiger partial charge is 0.220 e. The molecule has 3 nitrogen and oxygen atoms in total. The third kappa shape index (κ3) is 4.65. The van der Waals surface area contributed by atoms with Crippen LogP contribution in [0.2, 0.25) is 0 Å². The normalized spacial score (nSPS) is 23.5. The standard InChI is InChI=1S/C12H24N2O/c1-3-7-12(15)13-11-8-5-6-9-14(4-2)10-11/h11H,3-10H2,1-2H3,(H,13,15). The van der Waals surface area contributed by atoms with E-state index in [1.807, 2.05) is 6.92 Å². The van der Waals surface area contributed by atoms with Gasteiger partial charge < -0.3 is 10.2 Å². The molecule has 0 aliphatic carbocycles. The van der Waals surface area contributed by atoms with Crippen molar-refractivity contribution >= 4 is 5.91 Å². The van der Waals surface area contributed by atoms with Crippen molar-refractivity contribution in [2.24, 2.45) is 0 Å². The summed E-state index contributed by atoms with van der Waals surface area (Å²) in [5, 5.41) is 3.14. The maximum atomic E-state index is 11.5. The summed E-state index contributed by atoms with van der Waals surface area (Å²) in [7, 11) is 0. The van der Waals surface area contributed by atoms with Gasteiger partial charge in [0.1, 0.15) is 0 Å². The zero-order valence-corrected chi connectivity index (χ0v) is 10.1. The Labute approximate surface area is 93.2 Å². The van der Waals surface area contributed by atoms with Crippen LogP contribution in [0.15, 0.2) is 0 Å². The first-order valence-electron chi connectivity index (χ1n) is 6.28. The summed E-state index contributed by atoms with van der Waals surface area (Å²) in [4.78, 5) is 13.9. The fourth-order valence-electron chi connectivity index (χ4n) is 2.15. The third-order valence-corrected chi connectivity index (χ3v) is 3.04. The topological polar surface area (TPSA) is 32.3 Å². The zero-order chi connectivity index (χ0) is 11.1. The van der Waals surface area contributed by atoms with Gasteiger partial charge in [-0.05, 0) is 32.4 Å². The van der Waals surface area contributed by atoms with Gasteiger partial charge in [-0.1, -0.05) is 20.3 Å². The highest BCUT2D eigenvalue weighted by atomic mass is 16.1. The van der Waals surface area contributed by atoms with Gasteiger partial charge in [0, 0.05) is 19.0 Å². The number of carbonyl (C=O) groups excluding carboxylic acids is 1. The van der Waals surface area contributed by atoms with E-state index in [0.29, 0.717) is 12.5 Å². The highest BCUT2D eigenvalue weighted by Gasteiger charge is 2.18. The van der Waals surface area contributed by atoms with E-state index in [9.17, 15) is 4.79 Å². The van der Waals surface area contributed by atoms with Gasteiger partial charge in [-0.25, -0.2) is 0 Å². The van der Waals surface area contributed by atoms with Gasteiger partial charge in [0.15, 0.2) is 0 Å². The number of nitrogens with zero attached hydrogens (tertiary/aromatic N) is 1. The van der Waals surface area contributed by atoms with Crippen LogP contribution < -0.4 is 5.32 Å². The predicted molar refractivity (Wildman–Crippen MR) is 62.8 cm³/mol. The number of nitrogens with one attached hydrogen (secondary N) is 1. The van der Waals surface area contributed by atoms with Crippen LogP contribution in [-0.2, 0) is 4.79 Å². The molecule has 0 aromatic heterocycles. The number of carbonyl (C=O) groups is 1. The van der Waals surface area contributed by atoms with Crippen LogP contribution in [-0.4, -0.2) is 36.5 Å². The minimum absolute atomic E-state index is 0.223. The molecule has 1 amide bonds. The molecule has 1 rings (SSSR count). The first-order valence-corrected chi connectivity index (χ1v) is 6.28.